The second kappa shape index (κ2) is 8.74. The molecule has 1 fully saturated rings. The smallest absolute Gasteiger partial charge is 0.343 e. The lowest BCUT2D eigenvalue weighted by molar-refractivity contribution is -0.121. The molecule has 0 aliphatic carbocycles. The molecule has 0 radical (unpaired) electrons. The molecule has 1 heterocycles. The summed E-state index contributed by atoms with van der Waals surface area (Å²) in [5.41, 5.74) is 4.43. The van der Waals surface area contributed by atoms with E-state index in [1.54, 1.807) is 30.3 Å². The average Bonchev–Trinajstić information content (AvgIpc) is 2.79. The number of hydrogen-bond acceptors (Lipinski definition) is 4. The minimum atomic E-state index is -0.696. The van der Waals surface area contributed by atoms with Crippen molar-refractivity contribution < 1.29 is 14.4 Å². The van der Waals surface area contributed by atoms with Gasteiger partial charge in [0.25, 0.3) is 11.8 Å². The number of carbonyl (C=O) groups is 3. The lowest BCUT2D eigenvalue weighted by atomic mass is 10.0. The zero-order chi connectivity index (χ0) is 23.7. The Labute approximate surface area is 193 Å². The molecule has 6 heteroatoms. The van der Waals surface area contributed by atoms with E-state index in [9.17, 15) is 14.4 Å². The van der Waals surface area contributed by atoms with Gasteiger partial charge in [-0.3, -0.25) is 9.59 Å². The molecule has 3 aromatic rings. The van der Waals surface area contributed by atoms with Crippen molar-refractivity contribution in [3.8, 4) is 0 Å². The van der Waals surface area contributed by atoms with Crippen LogP contribution in [0.5, 0.6) is 0 Å². The van der Waals surface area contributed by atoms with Crippen LogP contribution in [-0.4, -0.2) is 31.9 Å². The Kier molecular flexibility index (Phi) is 5.84. The van der Waals surface area contributed by atoms with Crippen LogP contribution >= 0.6 is 0 Å². The number of nitrogens with zero attached hydrogens (tertiary/aromatic N) is 3. The number of amides is 4. The Hall–Kier alpha value is -4.19. The van der Waals surface area contributed by atoms with Gasteiger partial charge in [-0.25, -0.2) is 14.6 Å². The fourth-order valence-electron chi connectivity index (χ4n) is 3.61. The predicted molar refractivity (Wildman–Crippen MR) is 131 cm³/mol. The topological polar surface area (TPSA) is 60.9 Å². The predicted octanol–water partition coefficient (Wildman–Crippen LogP) is 4.95. The van der Waals surface area contributed by atoms with Crippen molar-refractivity contribution in [2.75, 3.05) is 28.8 Å². The van der Waals surface area contributed by atoms with Gasteiger partial charge in [-0.2, -0.15) is 0 Å². The van der Waals surface area contributed by atoms with Crippen molar-refractivity contribution in [1.82, 2.24) is 0 Å². The van der Waals surface area contributed by atoms with Crippen LogP contribution in [0.25, 0.3) is 6.08 Å². The molecule has 0 N–H and O–H groups in total. The van der Waals surface area contributed by atoms with E-state index >= 15 is 0 Å². The van der Waals surface area contributed by atoms with E-state index in [0.29, 0.717) is 16.9 Å². The van der Waals surface area contributed by atoms with Gasteiger partial charge in [-0.1, -0.05) is 47.5 Å². The molecule has 1 aliphatic rings. The lowest BCUT2D eigenvalue weighted by Gasteiger charge is -2.34. The maximum atomic E-state index is 13.4. The molecular formula is C27H25N3O3. The first-order valence-corrected chi connectivity index (χ1v) is 10.6. The van der Waals surface area contributed by atoms with Crippen LogP contribution in [0.1, 0.15) is 16.7 Å². The molecule has 3 aromatic carbocycles. The summed E-state index contributed by atoms with van der Waals surface area (Å²) in [6.07, 6.45) is 1.54. The summed E-state index contributed by atoms with van der Waals surface area (Å²) in [5.74, 6) is -1.29. The number of aryl methyl sites for hydroxylation is 2. The van der Waals surface area contributed by atoms with Gasteiger partial charge in [0, 0.05) is 19.8 Å². The minimum absolute atomic E-state index is 0.0756. The molecule has 1 aliphatic heterocycles. The van der Waals surface area contributed by atoms with Crippen LogP contribution in [0, 0.1) is 13.8 Å². The van der Waals surface area contributed by atoms with E-state index in [2.05, 4.69) is 0 Å². The first-order valence-electron chi connectivity index (χ1n) is 10.6. The Bertz CT molecular complexity index is 1170. The summed E-state index contributed by atoms with van der Waals surface area (Å²) in [6.45, 7) is 3.85. The molecule has 0 spiro atoms. The molecule has 0 bridgehead atoms. The molecule has 0 aromatic heterocycles. The second-order valence-electron chi connectivity index (χ2n) is 8.28. The van der Waals surface area contributed by atoms with Crippen molar-refractivity contribution in [3.63, 3.8) is 0 Å². The Morgan fingerprint density at radius 3 is 1.45 bits per heavy atom. The molecule has 4 amide bonds. The lowest BCUT2D eigenvalue weighted by Crippen LogP contribution is -2.57. The maximum absolute atomic E-state index is 13.4. The van der Waals surface area contributed by atoms with E-state index in [1.807, 2.05) is 81.4 Å². The highest BCUT2D eigenvalue weighted by atomic mass is 16.2. The van der Waals surface area contributed by atoms with E-state index in [4.69, 9.17) is 0 Å². The summed E-state index contributed by atoms with van der Waals surface area (Å²) in [7, 11) is 3.87. The molecule has 0 unspecified atom stereocenters. The zero-order valence-electron chi connectivity index (χ0n) is 19.1. The van der Waals surface area contributed by atoms with E-state index in [-0.39, 0.29) is 5.57 Å². The minimum Gasteiger partial charge on any atom is -0.378 e. The molecular weight excluding hydrogens is 414 g/mol. The van der Waals surface area contributed by atoms with E-state index in [1.165, 1.54) is 0 Å². The quantitative estimate of drug-likeness (QED) is 0.426. The third-order valence-electron chi connectivity index (χ3n) is 5.55. The van der Waals surface area contributed by atoms with Crippen LogP contribution in [0.4, 0.5) is 21.9 Å². The van der Waals surface area contributed by atoms with Gasteiger partial charge in [0.1, 0.15) is 5.57 Å². The number of anilines is 3. The van der Waals surface area contributed by atoms with Crippen LogP contribution < -0.4 is 14.7 Å². The second-order valence-corrected chi connectivity index (χ2v) is 8.28. The number of barbiturate groups is 1. The van der Waals surface area contributed by atoms with Crippen LogP contribution in [0.2, 0.25) is 0 Å². The molecule has 6 nitrogen and oxygen atoms in total. The standard InChI is InChI=1S/C27H25N3O3/c1-18-5-11-22(12-6-18)29-25(31)24(17-20-9-15-21(16-10-20)28(3)4)26(32)30(27(29)33)23-13-7-19(2)8-14-23/h5-17H,1-4H3. The molecule has 33 heavy (non-hydrogen) atoms. The number of carbonyl (C=O) groups excluding carboxylic acids is 3. The molecule has 0 atom stereocenters. The normalized spacial score (nSPS) is 14.1. The van der Waals surface area contributed by atoms with Crippen LogP contribution in [-0.2, 0) is 9.59 Å². The van der Waals surface area contributed by atoms with Gasteiger partial charge in [0.2, 0.25) is 0 Å². The van der Waals surface area contributed by atoms with Gasteiger partial charge >= 0.3 is 6.03 Å². The number of urea groups is 1. The Balaban J connectivity index is 1.83. The van der Waals surface area contributed by atoms with Crippen molar-refractivity contribution >= 4 is 41.0 Å². The Morgan fingerprint density at radius 1 is 0.636 bits per heavy atom. The van der Waals surface area contributed by atoms with Gasteiger partial charge < -0.3 is 4.90 Å². The fourth-order valence-corrected chi connectivity index (χ4v) is 3.61. The number of benzene rings is 3. The van der Waals surface area contributed by atoms with Gasteiger partial charge in [0.15, 0.2) is 0 Å². The van der Waals surface area contributed by atoms with Gasteiger partial charge in [0.05, 0.1) is 11.4 Å². The number of imide groups is 2. The van der Waals surface area contributed by atoms with Gasteiger partial charge in [-0.15, -0.1) is 0 Å². The average molecular weight is 440 g/mol. The zero-order valence-corrected chi connectivity index (χ0v) is 19.1. The SMILES string of the molecule is Cc1ccc(N2C(=O)C(=Cc3ccc(N(C)C)cc3)C(=O)N(c3ccc(C)cc3)C2=O)cc1. The molecule has 0 saturated carbocycles. The highest BCUT2D eigenvalue weighted by molar-refractivity contribution is 6.46. The van der Waals surface area contributed by atoms with Crippen molar-refractivity contribution in [1.29, 1.82) is 0 Å². The molecule has 1 saturated heterocycles. The summed E-state index contributed by atoms with van der Waals surface area (Å²) < 4.78 is 0. The van der Waals surface area contributed by atoms with Crippen LogP contribution in [0.15, 0.2) is 78.4 Å². The summed E-state index contributed by atoms with van der Waals surface area (Å²) in [4.78, 5) is 44.3. The summed E-state index contributed by atoms with van der Waals surface area (Å²) in [5, 5.41) is 0. The Morgan fingerprint density at radius 2 is 1.06 bits per heavy atom. The largest absolute Gasteiger partial charge is 0.378 e. The van der Waals surface area contributed by atoms with Gasteiger partial charge in [-0.05, 0) is 61.9 Å². The number of hydrogen-bond donors (Lipinski definition) is 0. The monoisotopic (exact) mass is 439 g/mol. The summed E-state index contributed by atoms with van der Waals surface area (Å²) in [6, 6.07) is 20.9. The molecule has 166 valence electrons. The van der Waals surface area contributed by atoms with E-state index in [0.717, 1.165) is 26.6 Å². The first-order chi connectivity index (χ1) is 15.8. The highest BCUT2D eigenvalue weighted by Gasteiger charge is 2.43. The third-order valence-corrected chi connectivity index (χ3v) is 5.55. The van der Waals surface area contributed by atoms with Crippen molar-refractivity contribution in [2.24, 2.45) is 0 Å². The number of rotatable bonds is 4. The van der Waals surface area contributed by atoms with Crippen molar-refractivity contribution in [2.45, 2.75) is 13.8 Å². The summed E-state index contributed by atoms with van der Waals surface area (Å²) >= 11 is 0. The van der Waals surface area contributed by atoms with Crippen LogP contribution in [0.3, 0.4) is 0 Å². The van der Waals surface area contributed by atoms with Crippen molar-refractivity contribution in [3.05, 3.63) is 95.1 Å². The molecule has 4 rings (SSSR count). The maximum Gasteiger partial charge on any atom is 0.343 e. The highest BCUT2D eigenvalue weighted by Crippen LogP contribution is 2.30. The third kappa shape index (κ3) is 4.28. The first kappa shape index (κ1) is 22.0. The fraction of sp³-hybridized carbons (Fsp3) is 0.148. The van der Waals surface area contributed by atoms with E-state index < -0.39 is 17.8 Å².